The van der Waals surface area contributed by atoms with Gasteiger partial charge in [0.25, 0.3) is 0 Å². The summed E-state index contributed by atoms with van der Waals surface area (Å²) in [6.45, 7) is 6.77. The number of amides is 4. The maximum Gasteiger partial charge on any atom is 0.323 e. The van der Waals surface area contributed by atoms with Gasteiger partial charge in [-0.05, 0) is 50.1 Å². The number of urea groups is 2. The zero-order chi connectivity index (χ0) is 21.8. The lowest BCUT2D eigenvalue weighted by molar-refractivity contribution is 0.252. The SMILES string of the molecule is CCCCCCCCNC(=O)Nc1ccc(C)c(NC(=O)Nc2ccc(C)cc2)c1. The summed E-state index contributed by atoms with van der Waals surface area (Å²) >= 11 is 0. The second-order valence-electron chi connectivity index (χ2n) is 7.62. The van der Waals surface area contributed by atoms with E-state index >= 15 is 0 Å². The fraction of sp³-hybridized carbons (Fsp3) is 0.417. The fourth-order valence-corrected chi connectivity index (χ4v) is 3.04. The first-order valence-electron chi connectivity index (χ1n) is 10.8. The Kier molecular flexibility index (Phi) is 9.71. The van der Waals surface area contributed by atoms with Crippen molar-refractivity contribution in [2.75, 3.05) is 22.5 Å². The second-order valence-corrected chi connectivity index (χ2v) is 7.62. The Hall–Kier alpha value is -3.02. The molecule has 2 aromatic carbocycles. The van der Waals surface area contributed by atoms with Gasteiger partial charge in [-0.3, -0.25) is 0 Å². The van der Waals surface area contributed by atoms with Crippen molar-refractivity contribution in [1.29, 1.82) is 0 Å². The van der Waals surface area contributed by atoms with Gasteiger partial charge in [0.15, 0.2) is 0 Å². The number of benzene rings is 2. The molecule has 6 nitrogen and oxygen atoms in total. The van der Waals surface area contributed by atoms with Gasteiger partial charge in [0.05, 0.1) is 0 Å². The zero-order valence-electron chi connectivity index (χ0n) is 18.3. The highest BCUT2D eigenvalue weighted by molar-refractivity contribution is 6.01. The van der Waals surface area contributed by atoms with E-state index in [1.165, 1.54) is 25.7 Å². The molecular formula is C24H34N4O2. The van der Waals surface area contributed by atoms with E-state index < -0.39 is 0 Å². The van der Waals surface area contributed by atoms with E-state index in [9.17, 15) is 9.59 Å². The second kappa shape index (κ2) is 12.5. The van der Waals surface area contributed by atoms with Crippen LogP contribution < -0.4 is 21.3 Å². The number of aryl methyl sites for hydroxylation is 2. The third-order valence-electron chi connectivity index (χ3n) is 4.87. The number of hydrogen-bond acceptors (Lipinski definition) is 2. The molecule has 0 unspecified atom stereocenters. The Balaban J connectivity index is 1.80. The molecule has 162 valence electrons. The largest absolute Gasteiger partial charge is 0.338 e. The zero-order valence-corrected chi connectivity index (χ0v) is 18.3. The first kappa shape index (κ1) is 23.3. The maximum atomic E-state index is 12.3. The monoisotopic (exact) mass is 410 g/mol. The quantitative estimate of drug-likeness (QED) is 0.340. The van der Waals surface area contributed by atoms with Gasteiger partial charge in [0.1, 0.15) is 0 Å². The average molecular weight is 411 g/mol. The van der Waals surface area contributed by atoms with Crippen LogP contribution in [0.15, 0.2) is 42.5 Å². The van der Waals surface area contributed by atoms with E-state index in [1.54, 1.807) is 6.07 Å². The van der Waals surface area contributed by atoms with Gasteiger partial charge in [-0.2, -0.15) is 0 Å². The number of carbonyl (C=O) groups is 2. The molecule has 0 atom stereocenters. The van der Waals surface area contributed by atoms with Crippen LogP contribution >= 0.6 is 0 Å². The van der Waals surface area contributed by atoms with Crippen molar-refractivity contribution in [2.24, 2.45) is 0 Å². The molecule has 0 aromatic heterocycles. The lowest BCUT2D eigenvalue weighted by Crippen LogP contribution is -2.29. The Labute approximate surface area is 179 Å². The number of unbranched alkanes of at least 4 members (excludes halogenated alkanes) is 5. The van der Waals surface area contributed by atoms with Crippen molar-refractivity contribution in [1.82, 2.24) is 5.32 Å². The topological polar surface area (TPSA) is 82.3 Å². The number of rotatable bonds is 10. The minimum atomic E-state index is -0.327. The normalized spacial score (nSPS) is 10.4. The minimum Gasteiger partial charge on any atom is -0.338 e. The highest BCUT2D eigenvalue weighted by Crippen LogP contribution is 2.21. The van der Waals surface area contributed by atoms with Crippen LogP contribution in [0.2, 0.25) is 0 Å². The number of hydrogen-bond donors (Lipinski definition) is 4. The smallest absolute Gasteiger partial charge is 0.323 e. The molecule has 0 heterocycles. The standard InChI is InChI=1S/C24H34N4O2/c1-4-5-6-7-8-9-16-25-23(29)27-21-15-12-19(3)22(17-21)28-24(30)26-20-13-10-18(2)11-14-20/h10-15,17H,4-9,16H2,1-3H3,(H2,25,27,29)(H2,26,28,30). The van der Waals surface area contributed by atoms with E-state index in [0.29, 0.717) is 17.9 Å². The Bertz CT molecular complexity index is 818. The van der Waals surface area contributed by atoms with Crippen LogP contribution in [0.3, 0.4) is 0 Å². The third-order valence-corrected chi connectivity index (χ3v) is 4.87. The molecule has 4 N–H and O–H groups in total. The molecule has 2 rings (SSSR count). The van der Waals surface area contributed by atoms with E-state index in [0.717, 1.165) is 29.7 Å². The van der Waals surface area contributed by atoms with Crippen molar-refractivity contribution in [3.05, 3.63) is 53.6 Å². The molecule has 0 saturated carbocycles. The van der Waals surface area contributed by atoms with Gasteiger partial charge in [-0.15, -0.1) is 0 Å². The van der Waals surface area contributed by atoms with E-state index in [1.807, 2.05) is 50.2 Å². The van der Waals surface area contributed by atoms with Crippen molar-refractivity contribution in [3.8, 4) is 0 Å². The molecule has 0 bridgehead atoms. The van der Waals surface area contributed by atoms with Gasteiger partial charge in [-0.1, -0.05) is 62.8 Å². The van der Waals surface area contributed by atoms with E-state index in [2.05, 4.69) is 28.2 Å². The predicted octanol–water partition coefficient (Wildman–Crippen LogP) is 6.43. The van der Waals surface area contributed by atoms with Crippen LogP contribution in [-0.4, -0.2) is 18.6 Å². The van der Waals surface area contributed by atoms with Gasteiger partial charge >= 0.3 is 12.1 Å². The van der Waals surface area contributed by atoms with E-state index in [-0.39, 0.29) is 12.1 Å². The van der Waals surface area contributed by atoms with Crippen LogP contribution in [-0.2, 0) is 0 Å². The highest BCUT2D eigenvalue weighted by Gasteiger charge is 2.08. The Morgan fingerprint density at radius 1 is 0.733 bits per heavy atom. The summed E-state index contributed by atoms with van der Waals surface area (Å²) < 4.78 is 0. The predicted molar refractivity (Wildman–Crippen MR) is 125 cm³/mol. The molecule has 0 aliphatic carbocycles. The maximum absolute atomic E-state index is 12.3. The van der Waals surface area contributed by atoms with Crippen LogP contribution in [0.4, 0.5) is 26.7 Å². The third kappa shape index (κ3) is 8.55. The fourth-order valence-electron chi connectivity index (χ4n) is 3.04. The average Bonchev–Trinajstić information content (AvgIpc) is 2.71. The van der Waals surface area contributed by atoms with Crippen LogP contribution in [0.25, 0.3) is 0 Å². The summed E-state index contributed by atoms with van der Waals surface area (Å²) in [6, 6.07) is 12.5. The van der Waals surface area contributed by atoms with Gasteiger partial charge in [0, 0.05) is 23.6 Å². The summed E-state index contributed by atoms with van der Waals surface area (Å²) in [5.74, 6) is 0. The summed E-state index contributed by atoms with van der Waals surface area (Å²) in [4.78, 5) is 24.4. The minimum absolute atomic E-state index is 0.234. The number of anilines is 3. The van der Waals surface area contributed by atoms with Crippen molar-refractivity contribution >= 4 is 29.1 Å². The molecule has 0 spiro atoms. The van der Waals surface area contributed by atoms with Crippen molar-refractivity contribution in [3.63, 3.8) is 0 Å². The summed E-state index contributed by atoms with van der Waals surface area (Å²) in [7, 11) is 0. The van der Waals surface area contributed by atoms with Crippen molar-refractivity contribution < 1.29 is 9.59 Å². The first-order chi connectivity index (χ1) is 14.5. The molecule has 2 aromatic rings. The summed E-state index contributed by atoms with van der Waals surface area (Å²) in [6.07, 6.45) is 7.11. The van der Waals surface area contributed by atoms with Crippen LogP contribution in [0.1, 0.15) is 56.6 Å². The lowest BCUT2D eigenvalue weighted by Gasteiger charge is -2.13. The van der Waals surface area contributed by atoms with Crippen LogP contribution in [0, 0.1) is 13.8 Å². The lowest BCUT2D eigenvalue weighted by atomic mass is 10.1. The van der Waals surface area contributed by atoms with Crippen LogP contribution in [0.5, 0.6) is 0 Å². The molecule has 30 heavy (non-hydrogen) atoms. The van der Waals surface area contributed by atoms with Gasteiger partial charge < -0.3 is 21.3 Å². The number of nitrogens with one attached hydrogen (secondary N) is 4. The van der Waals surface area contributed by atoms with E-state index in [4.69, 9.17) is 0 Å². The molecule has 0 aliphatic rings. The molecule has 4 amide bonds. The molecule has 6 heteroatoms. The number of carbonyl (C=O) groups excluding carboxylic acids is 2. The molecule has 0 aliphatic heterocycles. The van der Waals surface area contributed by atoms with Gasteiger partial charge in [-0.25, -0.2) is 9.59 Å². The molecule has 0 radical (unpaired) electrons. The molecule has 0 saturated heterocycles. The summed E-state index contributed by atoms with van der Waals surface area (Å²) in [5.41, 5.74) is 4.04. The van der Waals surface area contributed by atoms with Crippen molar-refractivity contribution in [2.45, 2.75) is 59.3 Å². The molecule has 0 fully saturated rings. The Morgan fingerprint density at radius 2 is 1.37 bits per heavy atom. The molecular weight excluding hydrogens is 376 g/mol. The van der Waals surface area contributed by atoms with Gasteiger partial charge in [0.2, 0.25) is 0 Å². The summed E-state index contributed by atoms with van der Waals surface area (Å²) in [5, 5.41) is 11.4. The first-order valence-corrected chi connectivity index (χ1v) is 10.8. The Morgan fingerprint density at radius 3 is 2.10 bits per heavy atom. The highest BCUT2D eigenvalue weighted by atomic mass is 16.2.